The van der Waals surface area contributed by atoms with E-state index < -0.39 is 10.0 Å². The zero-order valence-corrected chi connectivity index (χ0v) is 15.6. The predicted molar refractivity (Wildman–Crippen MR) is 97.8 cm³/mol. The van der Waals surface area contributed by atoms with Crippen LogP contribution in [0.1, 0.15) is 37.1 Å². The monoisotopic (exact) mass is 362 g/mol. The van der Waals surface area contributed by atoms with Gasteiger partial charge in [0.15, 0.2) is 0 Å². The van der Waals surface area contributed by atoms with Crippen molar-refractivity contribution in [2.75, 3.05) is 19.6 Å². The maximum Gasteiger partial charge on any atom is 0.240 e. The fraction of sp³-hybridized carbons (Fsp3) is 0.474. The molecule has 1 atom stereocenters. The Hall–Kier alpha value is -1.63. The molecule has 0 aliphatic carbocycles. The van der Waals surface area contributed by atoms with Crippen LogP contribution in [0.5, 0.6) is 0 Å². The first-order valence-electron chi connectivity index (χ1n) is 8.79. The third kappa shape index (κ3) is 4.51. The van der Waals surface area contributed by atoms with Crippen molar-refractivity contribution in [2.45, 2.75) is 37.6 Å². The standard InChI is InChI=1S/C19H26N2O3S/c1-15-5-7-17(8-6-15)25(22,23)20-14-18(19-4-3-13-24-19)21-11-9-16(2)10-12-21/h3-8,13,16,18,20H,9-12,14H2,1-2H3. The van der Waals surface area contributed by atoms with Crippen LogP contribution < -0.4 is 4.72 Å². The molecule has 3 rings (SSSR count). The molecule has 1 aliphatic heterocycles. The molecule has 0 spiro atoms. The molecule has 25 heavy (non-hydrogen) atoms. The molecule has 2 aromatic rings. The van der Waals surface area contributed by atoms with Crippen LogP contribution in [0.15, 0.2) is 52.0 Å². The molecule has 0 saturated carbocycles. The summed E-state index contributed by atoms with van der Waals surface area (Å²) in [5.74, 6) is 1.53. The summed E-state index contributed by atoms with van der Waals surface area (Å²) in [6.45, 7) is 6.42. The summed E-state index contributed by atoms with van der Waals surface area (Å²) >= 11 is 0. The summed E-state index contributed by atoms with van der Waals surface area (Å²) < 4.78 is 33.5. The Morgan fingerprint density at radius 2 is 1.88 bits per heavy atom. The van der Waals surface area contributed by atoms with Crippen LogP contribution in [0.2, 0.25) is 0 Å². The van der Waals surface area contributed by atoms with Crippen molar-refractivity contribution in [3.05, 3.63) is 54.0 Å². The summed E-state index contributed by atoms with van der Waals surface area (Å²) in [7, 11) is -3.53. The van der Waals surface area contributed by atoms with E-state index >= 15 is 0 Å². The lowest BCUT2D eigenvalue weighted by molar-refractivity contribution is 0.125. The fourth-order valence-electron chi connectivity index (χ4n) is 3.22. The highest BCUT2D eigenvalue weighted by Gasteiger charge is 2.28. The minimum Gasteiger partial charge on any atom is -0.468 e. The van der Waals surface area contributed by atoms with Crippen molar-refractivity contribution in [1.29, 1.82) is 0 Å². The zero-order valence-electron chi connectivity index (χ0n) is 14.8. The second-order valence-electron chi connectivity index (χ2n) is 6.91. The first kappa shape index (κ1) is 18.2. The summed E-state index contributed by atoms with van der Waals surface area (Å²) in [6, 6.07) is 10.6. The van der Waals surface area contributed by atoms with Crippen molar-refractivity contribution in [3.63, 3.8) is 0 Å². The molecule has 1 N–H and O–H groups in total. The molecule has 1 saturated heterocycles. The van der Waals surface area contributed by atoms with Gasteiger partial charge in [0.25, 0.3) is 0 Å². The van der Waals surface area contributed by atoms with Gasteiger partial charge in [0.2, 0.25) is 10.0 Å². The Labute approximate surface area is 150 Å². The van der Waals surface area contributed by atoms with Gasteiger partial charge in [0.05, 0.1) is 17.2 Å². The molecule has 1 aliphatic rings. The minimum atomic E-state index is -3.53. The van der Waals surface area contributed by atoms with E-state index in [0.29, 0.717) is 11.4 Å². The molecule has 1 aromatic heterocycles. The van der Waals surface area contributed by atoms with Crippen LogP contribution in [0.3, 0.4) is 0 Å². The van der Waals surface area contributed by atoms with E-state index in [2.05, 4.69) is 16.5 Å². The molecule has 1 unspecified atom stereocenters. The topological polar surface area (TPSA) is 62.6 Å². The molecular weight excluding hydrogens is 336 g/mol. The van der Waals surface area contributed by atoms with Crippen molar-refractivity contribution < 1.29 is 12.8 Å². The number of hydrogen-bond donors (Lipinski definition) is 1. The number of nitrogens with one attached hydrogen (secondary N) is 1. The number of benzene rings is 1. The molecule has 6 heteroatoms. The number of likely N-dealkylation sites (tertiary alicyclic amines) is 1. The molecule has 2 heterocycles. The largest absolute Gasteiger partial charge is 0.468 e. The van der Waals surface area contributed by atoms with E-state index in [4.69, 9.17) is 4.42 Å². The van der Waals surface area contributed by atoms with Gasteiger partial charge in [0, 0.05) is 6.54 Å². The smallest absolute Gasteiger partial charge is 0.240 e. The molecule has 0 bridgehead atoms. The number of nitrogens with zero attached hydrogens (tertiary/aromatic N) is 1. The number of sulfonamides is 1. The predicted octanol–water partition coefficient (Wildman–Crippen LogP) is 3.34. The van der Waals surface area contributed by atoms with Crippen LogP contribution in [-0.2, 0) is 10.0 Å². The lowest BCUT2D eigenvalue weighted by atomic mass is 9.97. The van der Waals surface area contributed by atoms with Gasteiger partial charge in [-0.05, 0) is 63.0 Å². The number of hydrogen-bond acceptors (Lipinski definition) is 4. The van der Waals surface area contributed by atoms with E-state index in [1.807, 2.05) is 31.2 Å². The number of aryl methyl sites for hydroxylation is 1. The third-order valence-corrected chi connectivity index (χ3v) is 6.37. The highest BCUT2D eigenvalue weighted by atomic mass is 32.2. The minimum absolute atomic E-state index is 0.0808. The second-order valence-corrected chi connectivity index (χ2v) is 8.68. The van der Waals surface area contributed by atoms with E-state index in [0.717, 1.165) is 43.2 Å². The lowest BCUT2D eigenvalue weighted by Crippen LogP contribution is -2.41. The van der Waals surface area contributed by atoms with Crippen molar-refractivity contribution >= 4 is 10.0 Å². The highest BCUT2D eigenvalue weighted by molar-refractivity contribution is 7.89. The molecule has 1 fully saturated rings. The summed E-state index contributed by atoms with van der Waals surface area (Å²) in [5, 5.41) is 0. The molecule has 0 radical (unpaired) electrons. The van der Waals surface area contributed by atoms with Crippen LogP contribution in [-0.4, -0.2) is 33.0 Å². The summed E-state index contributed by atoms with van der Waals surface area (Å²) in [5.41, 5.74) is 1.04. The average molecular weight is 362 g/mol. The number of furan rings is 1. The Balaban J connectivity index is 1.73. The normalized spacial score (nSPS) is 18.3. The average Bonchev–Trinajstić information content (AvgIpc) is 3.11. The van der Waals surface area contributed by atoms with Crippen molar-refractivity contribution in [2.24, 2.45) is 5.92 Å². The molecular formula is C19H26N2O3S. The Morgan fingerprint density at radius 1 is 1.20 bits per heavy atom. The Morgan fingerprint density at radius 3 is 2.48 bits per heavy atom. The fourth-order valence-corrected chi connectivity index (χ4v) is 4.26. The molecule has 5 nitrogen and oxygen atoms in total. The summed E-state index contributed by atoms with van der Waals surface area (Å²) in [4.78, 5) is 2.61. The Kier molecular flexibility index (Phi) is 5.61. The molecule has 1 aromatic carbocycles. The molecule has 136 valence electrons. The van der Waals surface area contributed by atoms with Gasteiger partial charge in [0.1, 0.15) is 5.76 Å². The zero-order chi connectivity index (χ0) is 17.9. The highest BCUT2D eigenvalue weighted by Crippen LogP contribution is 2.27. The first-order valence-corrected chi connectivity index (χ1v) is 10.3. The van der Waals surface area contributed by atoms with Gasteiger partial charge in [-0.2, -0.15) is 0 Å². The van der Waals surface area contributed by atoms with Crippen molar-refractivity contribution in [3.8, 4) is 0 Å². The van der Waals surface area contributed by atoms with Crippen LogP contribution in [0.25, 0.3) is 0 Å². The maximum absolute atomic E-state index is 12.6. The van der Waals surface area contributed by atoms with Gasteiger partial charge in [-0.1, -0.05) is 24.6 Å². The second kappa shape index (κ2) is 7.72. The van der Waals surface area contributed by atoms with E-state index in [9.17, 15) is 8.42 Å². The van der Waals surface area contributed by atoms with E-state index in [1.54, 1.807) is 18.4 Å². The number of piperidine rings is 1. The molecule has 0 amide bonds. The lowest BCUT2D eigenvalue weighted by Gasteiger charge is -2.35. The summed E-state index contributed by atoms with van der Waals surface area (Å²) in [6.07, 6.45) is 3.90. The first-order chi connectivity index (χ1) is 12.0. The Bertz CT molecular complexity index is 762. The van der Waals surface area contributed by atoms with Gasteiger partial charge < -0.3 is 4.42 Å². The maximum atomic E-state index is 12.6. The van der Waals surface area contributed by atoms with Gasteiger partial charge in [-0.25, -0.2) is 13.1 Å². The van der Waals surface area contributed by atoms with Crippen LogP contribution in [0, 0.1) is 12.8 Å². The third-order valence-electron chi connectivity index (χ3n) is 4.93. The van der Waals surface area contributed by atoms with Crippen LogP contribution >= 0.6 is 0 Å². The quantitative estimate of drug-likeness (QED) is 0.856. The van der Waals surface area contributed by atoms with Gasteiger partial charge in [-0.15, -0.1) is 0 Å². The SMILES string of the molecule is Cc1ccc(S(=O)(=O)NCC(c2ccco2)N2CCC(C)CC2)cc1. The van der Waals surface area contributed by atoms with Crippen molar-refractivity contribution in [1.82, 2.24) is 9.62 Å². The van der Waals surface area contributed by atoms with Gasteiger partial charge in [-0.3, -0.25) is 4.90 Å². The number of rotatable bonds is 6. The van der Waals surface area contributed by atoms with Gasteiger partial charge >= 0.3 is 0 Å². The van der Waals surface area contributed by atoms with E-state index in [1.165, 1.54) is 0 Å². The van der Waals surface area contributed by atoms with Crippen LogP contribution in [0.4, 0.5) is 0 Å². The van der Waals surface area contributed by atoms with E-state index in [-0.39, 0.29) is 6.04 Å².